The number of unbranched alkanes of at least 4 members (excludes halogenated alkanes) is 1. The fourth-order valence-corrected chi connectivity index (χ4v) is 7.06. The Morgan fingerprint density at radius 2 is 1.73 bits per heavy atom. The van der Waals surface area contributed by atoms with Crippen molar-refractivity contribution in [3.8, 4) is 0 Å². The van der Waals surface area contributed by atoms with Gasteiger partial charge in [0.15, 0.2) is 0 Å². The zero-order valence-corrected chi connectivity index (χ0v) is 19.3. The minimum atomic E-state index is -3.45. The molecule has 2 aliphatic heterocycles. The van der Waals surface area contributed by atoms with E-state index in [1.54, 1.807) is 10.4 Å². The highest BCUT2D eigenvalue weighted by atomic mass is 32.2. The van der Waals surface area contributed by atoms with E-state index in [1.165, 1.54) is 22.0 Å². The SMILES string of the molecule is O=S1(=O)c2cccc3cccc(c23)N1CCCCN1CC=C(c2cccc3[nH]ccc23)CC1. The fraction of sp³-hybridized carbons (Fsp3) is 0.259. The van der Waals surface area contributed by atoms with E-state index < -0.39 is 10.0 Å². The summed E-state index contributed by atoms with van der Waals surface area (Å²) in [4.78, 5) is 6.21. The van der Waals surface area contributed by atoms with Crippen LogP contribution in [0.3, 0.4) is 0 Å². The number of rotatable bonds is 6. The monoisotopic (exact) mass is 457 g/mol. The normalized spacial score (nSPS) is 17.7. The zero-order valence-electron chi connectivity index (χ0n) is 18.5. The van der Waals surface area contributed by atoms with Crippen LogP contribution >= 0.6 is 0 Å². The summed E-state index contributed by atoms with van der Waals surface area (Å²) in [6, 6.07) is 20.0. The average molecular weight is 458 g/mol. The van der Waals surface area contributed by atoms with E-state index in [0.29, 0.717) is 11.4 Å². The van der Waals surface area contributed by atoms with Crippen molar-refractivity contribution in [3.63, 3.8) is 0 Å². The second kappa shape index (κ2) is 8.04. The lowest BCUT2D eigenvalue weighted by molar-refractivity contribution is 0.296. The first kappa shape index (κ1) is 20.5. The lowest BCUT2D eigenvalue weighted by Gasteiger charge is -2.27. The van der Waals surface area contributed by atoms with Gasteiger partial charge in [-0.05, 0) is 66.6 Å². The number of sulfonamides is 1. The van der Waals surface area contributed by atoms with E-state index in [-0.39, 0.29) is 0 Å². The molecule has 6 rings (SSSR count). The molecule has 3 heterocycles. The molecule has 1 N–H and O–H groups in total. The molecule has 33 heavy (non-hydrogen) atoms. The Hall–Kier alpha value is -3.09. The van der Waals surface area contributed by atoms with Crippen molar-refractivity contribution in [3.05, 3.63) is 78.5 Å². The molecule has 0 amide bonds. The Balaban J connectivity index is 1.08. The molecule has 168 valence electrons. The number of fused-ring (bicyclic) bond motifs is 1. The van der Waals surface area contributed by atoms with Gasteiger partial charge in [-0.1, -0.05) is 42.5 Å². The number of aromatic nitrogens is 1. The molecule has 0 saturated carbocycles. The molecule has 6 heteroatoms. The summed E-state index contributed by atoms with van der Waals surface area (Å²) in [6.45, 7) is 3.51. The summed E-state index contributed by atoms with van der Waals surface area (Å²) >= 11 is 0. The maximum absolute atomic E-state index is 13.1. The molecule has 2 aliphatic rings. The van der Waals surface area contributed by atoms with Gasteiger partial charge >= 0.3 is 0 Å². The number of anilines is 1. The van der Waals surface area contributed by atoms with Crippen molar-refractivity contribution in [2.45, 2.75) is 24.2 Å². The van der Waals surface area contributed by atoms with E-state index in [1.807, 2.05) is 36.5 Å². The number of nitrogens with zero attached hydrogens (tertiary/aromatic N) is 2. The number of benzene rings is 3. The van der Waals surface area contributed by atoms with Gasteiger partial charge in [0.2, 0.25) is 0 Å². The van der Waals surface area contributed by atoms with Gasteiger partial charge in [-0.25, -0.2) is 8.42 Å². The van der Waals surface area contributed by atoms with Gasteiger partial charge in [-0.2, -0.15) is 0 Å². The Morgan fingerprint density at radius 3 is 2.58 bits per heavy atom. The van der Waals surface area contributed by atoms with E-state index in [4.69, 9.17) is 0 Å². The number of hydrogen-bond donors (Lipinski definition) is 1. The maximum atomic E-state index is 13.1. The molecule has 0 saturated heterocycles. The molecule has 3 aromatic carbocycles. The van der Waals surface area contributed by atoms with Crippen LogP contribution in [0.4, 0.5) is 5.69 Å². The van der Waals surface area contributed by atoms with Gasteiger partial charge in [0.25, 0.3) is 10.0 Å². The van der Waals surface area contributed by atoms with Crippen LogP contribution in [-0.4, -0.2) is 44.5 Å². The summed E-state index contributed by atoms with van der Waals surface area (Å²) in [5, 5.41) is 3.15. The van der Waals surface area contributed by atoms with Gasteiger partial charge in [-0.15, -0.1) is 0 Å². The summed E-state index contributed by atoms with van der Waals surface area (Å²) in [7, 11) is -3.45. The molecule has 0 unspecified atom stereocenters. The molecule has 0 fully saturated rings. The van der Waals surface area contributed by atoms with E-state index in [2.05, 4.69) is 40.2 Å². The first-order chi connectivity index (χ1) is 16.1. The number of H-pyrrole nitrogens is 1. The molecular weight excluding hydrogens is 430 g/mol. The number of aromatic amines is 1. The summed E-state index contributed by atoms with van der Waals surface area (Å²) in [6.07, 6.45) is 7.23. The van der Waals surface area contributed by atoms with Crippen molar-refractivity contribution in [1.82, 2.24) is 9.88 Å². The third-order valence-electron chi connectivity index (χ3n) is 7.00. The molecule has 1 aromatic heterocycles. The van der Waals surface area contributed by atoms with Crippen molar-refractivity contribution >= 4 is 43.0 Å². The van der Waals surface area contributed by atoms with Crippen molar-refractivity contribution in [2.24, 2.45) is 0 Å². The summed E-state index contributed by atoms with van der Waals surface area (Å²) in [5.74, 6) is 0. The zero-order chi connectivity index (χ0) is 22.4. The highest BCUT2D eigenvalue weighted by molar-refractivity contribution is 7.93. The predicted molar refractivity (Wildman–Crippen MR) is 135 cm³/mol. The highest BCUT2D eigenvalue weighted by Crippen LogP contribution is 2.42. The van der Waals surface area contributed by atoms with Gasteiger partial charge in [0, 0.05) is 42.1 Å². The van der Waals surface area contributed by atoms with Gasteiger partial charge < -0.3 is 4.98 Å². The Kier molecular flexibility index (Phi) is 5.00. The van der Waals surface area contributed by atoms with Crippen LogP contribution in [0, 0.1) is 0 Å². The topological polar surface area (TPSA) is 56.4 Å². The van der Waals surface area contributed by atoms with Crippen LogP contribution in [-0.2, 0) is 10.0 Å². The molecular formula is C27H27N3O2S. The fourth-order valence-electron chi connectivity index (χ4n) is 5.31. The second-order valence-electron chi connectivity index (χ2n) is 8.94. The number of nitrogens with one attached hydrogen (secondary N) is 1. The largest absolute Gasteiger partial charge is 0.361 e. The van der Waals surface area contributed by atoms with Gasteiger partial charge in [0.1, 0.15) is 0 Å². The standard InChI is InChI=1S/C27H27N3O2S/c31-33(32)26-11-4-7-21-6-3-10-25(27(21)26)30(33)17-2-1-16-29-18-13-20(14-19-29)22-8-5-9-24-23(22)12-15-28-24/h3-13,15,28H,1-2,14,16-19H2. The lowest BCUT2D eigenvalue weighted by atomic mass is 9.96. The molecule has 0 radical (unpaired) electrons. The smallest absolute Gasteiger partial charge is 0.265 e. The minimum absolute atomic E-state index is 0.446. The molecule has 4 aromatic rings. The highest BCUT2D eigenvalue weighted by Gasteiger charge is 2.34. The summed E-state index contributed by atoms with van der Waals surface area (Å²) in [5.41, 5.74) is 4.77. The average Bonchev–Trinajstić information content (AvgIpc) is 3.40. The van der Waals surface area contributed by atoms with Crippen LogP contribution in [0.1, 0.15) is 24.8 Å². The Morgan fingerprint density at radius 1 is 0.909 bits per heavy atom. The summed E-state index contributed by atoms with van der Waals surface area (Å²) < 4.78 is 27.8. The third kappa shape index (κ3) is 3.45. The molecule has 0 aliphatic carbocycles. The Labute approximate surface area is 194 Å². The lowest BCUT2D eigenvalue weighted by Crippen LogP contribution is -2.31. The molecule has 0 spiro atoms. The van der Waals surface area contributed by atoms with Gasteiger partial charge in [0.05, 0.1) is 10.6 Å². The quantitative estimate of drug-likeness (QED) is 0.395. The first-order valence-corrected chi connectivity index (χ1v) is 13.1. The van der Waals surface area contributed by atoms with Crippen molar-refractivity contribution in [1.29, 1.82) is 0 Å². The van der Waals surface area contributed by atoms with Crippen LogP contribution in [0.5, 0.6) is 0 Å². The minimum Gasteiger partial charge on any atom is -0.361 e. The van der Waals surface area contributed by atoms with Crippen molar-refractivity contribution in [2.75, 3.05) is 30.5 Å². The molecule has 0 bridgehead atoms. The van der Waals surface area contributed by atoms with Crippen LogP contribution in [0.15, 0.2) is 77.8 Å². The van der Waals surface area contributed by atoms with E-state index >= 15 is 0 Å². The predicted octanol–water partition coefficient (Wildman–Crippen LogP) is 5.40. The van der Waals surface area contributed by atoms with Crippen LogP contribution in [0.25, 0.3) is 27.2 Å². The van der Waals surface area contributed by atoms with Crippen LogP contribution < -0.4 is 4.31 Å². The van der Waals surface area contributed by atoms with Crippen LogP contribution in [0.2, 0.25) is 0 Å². The van der Waals surface area contributed by atoms with E-state index in [9.17, 15) is 8.42 Å². The molecule has 5 nitrogen and oxygen atoms in total. The van der Waals surface area contributed by atoms with E-state index in [0.717, 1.165) is 55.4 Å². The third-order valence-corrected chi connectivity index (χ3v) is 8.86. The number of hydrogen-bond acceptors (Lipinski definition) is 3. The second-order valence-corrected chi connectivity index (χ2v) is 10.8. The van der Waals surface area contributed by atoms with Gasteiger partial charge in [-0.3, -0.25) is 9.21 Å². The Bertz CT molecular complexity index is 1480. The first-order valence-electron chi connectivity index (χ1n) is 11.7. The molecule has 0 atom stereocenters. The maximum Gasteiger partial charge on any atom is 0.265 e. The van der Waals surface area contributed by atoms with Crippen molar-refractivity contribution < 1.29 is 8.42 Å².